The van der Waals surface area contributed by atoms with Crippen LogP contribution in [-0.2, 0) is 20.7 Å². The highest BCUT2D eigenvalue weighted by molar-refractivity contribution is 8.00. The SMILES string of the molecule is COC(=O)Cc1csc(NC(=O)CSc2cccc(C)c2)n1. The number of amides is 1. The van der Waals surface area contributed by atoms with Crippen LogP contribution >= 0.6 is 23.1 Å². The largest absolute Gasteiger partial charge is 0.469 e. The van der Waals surface area contributed by atoms with E-state index in [4.69, 9.17) is 0 Å². The van der Waals surface area contributed by atoms with E-state index in [1.807, 2.05) is 31.2 Å². The van der Waals surface area contributed by atoms with Gasteiger partial charge in [-0.3, -0.25) is 9.59 Å². The number of carbonyl (C=O) groups excluding carboxylic acids is 2. The highest BCUT2D eigenvalue weighted by atomic mass is 32.2. The number of hydrogen-bond donors (Lipinski definition) is 1. The fraction of sp³-hybridized carbons (Fsp3) is 0.267. The van der Waals surface area contributed by atoms with Crippen LogP contribution < -0.4 is 5.32 Å². The molecule has 5 nitrogen and oxygen atoms in total. The molecule has 1 amide bonds. The van der Waals surface area contributed by atoms with Crippen LogP contribution in [0.15, 0.2) is 34.5 Å². The second-order valence-electron chi connectivity index (χ2n) is 4.55. The molecule has 0 saturated heterocycles. The maximum absolute atomic E-state index is 11.9. The predicted molar refractivity (Wildman–Crippen MR) is 88.4 cm³/mol. The van der Waals surface area contributed by atoms with E-state index >= 15 is 0 Å². The van der Waals surface area contributed by atoms with E-state index in [-0.39, 0.29) is 18.3 Å². The van der Waals surface area contributed by atoms with Crippen LogP contribution in [0.5, 0.6) is 0 Å². The molecule has 0 bridgehead atoms. The first kappa shape index (κ1) is 16.5. The normalized spacial score (nSPS) is 10.3. The maximum atomic E-state index is 11.9. The molecule has 1 heterocycles. The summed E-state index contributed by atoms with van der Waals surface area (Å²) in [7, 11) is 1.33. The van der Waals surface area contributed by atoms with Gasteiger partial charge in [-0.25, -0.2) is 4.98 Å². The molecule has 0 saturated carbocycles. The highest BCUT2D eigenvalue weighted by Gasteiger charge is 2.10. The number of methoxy groups -OCH3 is 1. The lowest BCUT2D eigenvalue weighted by Gasteiger charge is -2.03. The minimum Gasteiger partial charge on any atom is -0.469 e. The van der Waals surface area contributed by atoms with Crippen molar-refractivity contribution < 1.29 is 14.3 Å². The van der Waals surface area contributed by atoms with Gasteiger partial charge in [0.2, 0.25) is 5.91 Å². The molecule has 0 unspecified atom stereocenters. The molecule has 0 atom stereocenters. The number of carbonyl (C=O) groups is 2. The van der Waals surface area contributed by atoms with Gasteiger partial charge in [-0.15, -0.1) is 23.1 Å². The third-order valence-corrected chi connectivity index (χ3v) is 4.51. The van der Waals surface area contributed by atoms with Gasteiger partial charge < -0.3 is 10.1 Å². The molecule has 1 aromatic carbocycles. The molecule has 2 rings (SSSR count). The van der Waals surface area contributed by atoms with Crippen molar-refractivity contribution in [3.05, 3.63) is 40.9 Å². The molecular formula is C15H16N2O3S2. The van der Waals surface area contributed by atoms with Gasteiger partial charge in [-0.2, -0.15) is 0 Å². The number of rotatable bonds is 6. The molecule has 0 radical (unpaired) electrons. The number of thiazole rings is 1. The Morgan fingerprint density at radius 3 is 2.95 bits per heavy atom. The number of aromatic nitrogens is 1. The molecule has 0 aliphatic heterocycles. The average Bonchev–Trinajstić information content (AvgIpc) is 2.92. The quantitative estimate of drug-likeness (QED) is 0.649. The number of aryl methyl sites for hydroxylation is 1. The molecule has 116 valence electrons. The third-order valence-electron chi connectivity index (χ3n) is 2.71. The number of nitrogens with zero attached hydrogens (tertiary/aromatic N) is 1. The van der Waals surface area contributed by atoms with Crippen molar-refractivity contribution in [1.29, 1.82) is 0 Å². The lowest BCUT2D eigenvalue weighted by molar-refractivity contribution is -0.139. The van der Waals surface area contributed by atoms with Gasteiger partial charge in [-0.1, -0.05) is 17.7 Å². The summed E-state index contributed by atoms with van der Waals surface area (Å²) >= 11 is 2.77. The first-order valence-corrected chi connectivity index (χ1v) is 8.44. The van der Waals surface area contributed by atoms with Crippen molar-refractivity contribution in [2.75, 3.05) is 18.2 Å². The molecule has 7 heteroatoms. The highest BCUT2D eigenvalue weighted by Crippen LogP contribution is 2.20. The van der Waals surface area contributed by atoms with Crippen molar-refractivity contribution in [2.45, 2.75) is 18.2 Å². The van der Waals surface area contributed by atoms with Crippen molar-refractivity contribution in [1.82, 2.24) is 4.98 Å². The number of nitrogens with one attached hydrogen (secondary N) is 1. The third kappa shape index (κ3) is 5.16. The van der Waals surface area contributed by atoms with Crippen molar-refractivity contribution in [3.63, 3.8) is 0 Å². The van der Waals surface area contributed by atoms with E-state index in [1.54, 1.807) is 5.38 Å². The van der Waals surface area contributed by atoms with E-state index in [0.717, 1.165) is 10.5 Å². The summed E-state index contributed by atoms with van der Waals surface area (Å²) in [5.74, 6) is -0.154. The van der Waals surface area contributed by atoms with Gasteiger partial charge in [0.05, 0.1) is 25.0 Å². The molecule has 0 aliphatic carbocycles. The van der Waals surface area contributed by atoms with E-state index in [0.29, 0.717) is 16.6 Å². The first-order chi connectivity index (χ1) is 10.6. The van der Waals surface area contributed by atoms with Crippen molar-refractivity contribution in [2.24, 2.45) is 0 Å². The number of esters is 1. The van der Waals surface area contributed by atoms with Crippen molar-refractivity contribution in [3.8, 4) is 0 Å². The van der Waals surface area contributed by atoms with Crippen LogP contribution in [0.1, 0.15) is 11.3 Å². The van der Waals surface area contributed by atoms with E-state index in [2.05, 4.69) is 15.0 Å². The zero-order valence-electron chi connectivity index (χ0n) is 12.3. The Kier molecular flexibility index (Phi) is 5.97. The molecule has 0 spiro atoms. The van der Waals surface area contributed by atoms with Crippen LogP contribution in [0.25, 0.3) is 0 Å². The number of thioether (sulfide) groups is 1. The average molecular weight is 336 g/mol. The predicted octanol–water partition coefficient (Wildman–Crippen LogP) is 2.90. The smallest absolute Gasteiger partial charge is 0.311 e. The summed E-state index contributed by atoms with van der Waals surface area (Å²) in [5.41, 5.74) is 1.76. The van der Waals surface area contributed by atoms with E-state index in [9.17, 15) is 9.59 Å². The Bertz CT molecular complexity index is 670. The van der Waals surface area contributed by atoms with Crippen LogP contribution in [0, 0.1) is 6.92 Å². The Morgan fingerprint density at radius 2 is 2.23 bits per heavy atom. The number of ether oxygens (including phenoxy) is 1. The summed E-state index contributed by atoms with van der Waals surface area (Å²) in [5, 5.41) is 4.96. The summed E-state index contributed by atoms with van der Waals surface area (Å²) in [4.78, 5) is 28.3. The van der Waals surface area contributed by atoms with Crippen LogP contribution in [0.3, 0.4) is 0 Å². The number of benzene rings is 1. The first-order valence-electron chi connectivity index (χ1n) is 6.57. The molecule has 0 aliphatic rings. The number of hydrogen-bond acceptors (Lipinski definition) is 6. The summed E-state index contributed by atoms with van der Waals surface area (Å²) in [6.45, 7) is 2.02. The molecule has 0 fully saturated rings. The maximum Gasteiger partial charge on any atom is 0.311 e. The summed E-state index contributed by atoms with van der Waals surface area (Å²) in [6, 6.07) is 8.00. The topological polar surface area (TPSA) is 68.3 Å². The Labute approximate surface area is 137 Å². The van der Waals surface area contributed by atoms with Gasteiger partial charge in [-0.05, 0) is 19.1 Å². The molecule has 22 heavy (non-hydrogen) atoms. The zero-order chi connectivity index (χ0) is 15.9. The van der Waals surface area contributed by atoms with E-state index in [1.165, 1.54) is 30.2 Å². The Hall–Kier alpha value is -1.86. The van der Waals surface area contributed by atoms with E-state index < -0.39 is 0 Å². The fourth-order valence-electron chi connectivity index (χ4n) is 1.67. The van der Waals surface area contributed by atoms with Gasteiger partial charge in [0.25, 0.3) is 0 Å². The molecular weight excluding hydrogens is 320 g/mol. The second kappa shape index (κ2) is 7.95. The molecule has 1 N–H and O–H groups in total. The van der Waals surface area contributed by atoms with Crippen LogP contribution in [-0.4, -0.2) is 29.7 Å². The summed E-state index contributed by atoms with van der Waals surface area (Å²) < 4.78 is 4.58. The second-order valence-corrected chi connectivity index (χ2v) is 6.46. The van der Waals surface area contributed by atoms with Gasteiger partial charge in [0, 0.05) is 10.3 Å². The fourth-order valence-corrected chi connectivity index (χ4v) is 3.22. The van der Waals surface area contributed by atoms with Gasteiger partial charge in [0.1, 0.15) is 0 Å². The van der Waals surface area contributed by atoms with Gasteiger partial charge in [0.15, 0.2) is 5.13 Å². The molecule has 2 aromatic rings. The minimum absolute atomic E-state index is 0.112. The molecule has 1 aromatic heterocycles. The minimum atomic E-state index is -0.349. The summed E-state index contributed by atoms with van der Waals surface area (Å²) in [6.07, 6.45) is 0.112. The Balaban J connectivity index is 1.83. The van der Waals surface area contributed by atoms with Crippen LogP contribution in [0.4, 0.5) is 5.13 Å². The zero-order valence-corrected chi connectivity index (χ0v) is 13.9. The lowest BCUT2D eigenvalue weighted by atomic mass is 10.2. The number of anilines is 1. The Morgan fingerprint density at radius 1 is 1.41 bits per heavy atom. The van der Waals surface area contributed by atoms with Gasteiger partial charge >= 0.3 is 5.97 Å². The monoisotopic (exact) mass is 336 g/mol. The standard InChI is InChI=1S/C15H16N2O3S2/c1-10-4-3-5-12(6-10)21-9-13(18)17-15-16-11(8-22-15)7-14(19)20-2/h3-6,8H,7,9H2,1-2H3,(H,16,17,18). The van der Waals surface area contributed by atoms with Crippen molar-refractivity contribution >= 4 is 40.1 Å². The lowest BCUT2D eigenvalue weighted by Crippen LogP contribution is -2.14. The van der Waals surface area contributed by atoms with Crippen LogP contribution in [0.2, 0.25) is 0 Å².